The summed E-state index contributed by atoms with van der Waals surface area (Å²) >= 11 is 0. The highest BCUT2D eigenvalue weighted by molar-refractivity contribution is 6.35. The second kappa shape index (κ2) is 12.0. The number of anilines is 1. The summed E-state index contributed by atoms with van der Waals surface area (Å²) in [6, 6.07) is 14.3. The average molecular weight is 412 g/mol. The molecule has 0 aliphatic rings. The van der Waals surface area contributed by atoms with Crippen LogP contribution < -0.4 is 20.8 Å². The molecule has 0 saturated carbocycles. The van der Waals surface area contributed by atoms with Crippen LogP contribution in [0.4, 0.5) is 5.69 Å². The van der Waals surface area contributed by atoms with E-state index in [2.05, 4.69) is 21.2 Å². The third-order valence-corrected chi connectivity index (χ3v) is 3.78. The van der Waals surface area contributed by atoms with Crippen molar-refractivity contribution in [2.45, 2.75) is 6.92 Å². The lowest BCUT2D eigenvalue weighted by Gasteiger charge is -2.09. The molecule has 0 spiro atoms. The van der Waals surface area contributed by atoms with Gasteiger partial charge in [-0.25, -0.2) is 5.43 Å². The number of carbonyl (C=O) groups excluding carboxylic acids is 3. The van der Waals surface area contributed by atoms with Gasteiger partial charge in [0, 0.05) is 24.9 Å². The maximum absolute atomic E-state index is 12.1. The van der Waals surface area contributed by atoms with E-state index in [-0.39, 0.29) is 19.1 Å². The third-order valence-electron chi connectivity index (χ3n) is 3.78. The van der Waals surface area contributed by atoms with E-state index in [4.69, 9.17) is 9.47 Å². The van der Waals surface area contributed by atoms with Gasteiger partial charge in [0.25, 0.3) is 5.91 Å². The van der Waals surface area contributed by atoms with Crippen LogP contribution in [0.1, 0.15) is 11.1 Å². The van der Waals surface area contributed by atoms with Crippen LogP contribution in [0.2, 0.25) is 0 Å². The van der Waals surface area contributed by atoms with Crippen molar-refractivity contribution in [2.24, 2.45) is 5.10 Å². The fourth-order valence-corrected chi connectivity index (χ4v) is 2.25. The Kier molecular flexibility index (Phi) is 9.01. The number of methoxy groups -OCH3 is 1. The molecule has 0 bridgehead atoms. The lowest BCUT2D eigenvalue weighted by Crippen LogP contribution is -2.39. The zero-order valence-corrected chi connectivity index (χ0v) is 16.8. The van der Waals surface area contributed by atoms with Crippen molar-refractivity contribution in [3.8, 4) is 5.75 Å². The van der Waals surface area contributed by atoms with Crippen LogP contribution in [0, 0.1) is 6.92 Å². The molecular formula is C21H24N4O5. The minimum Gasteiger partial charge on any atom is -0.483 e. The Balaban J connectivity index is 1.86. The maximum Gasteiger partial charge on any atom is 0.329 e. The average Bonchev–Trinajstić information content (AvgIpc) is 2.74. The molecule has 0 unspecified atom stereocenters. The Morgan fingerprint density at radius 2 is 1.77 bits per heavy atom. The Bertz CT molecular complexity index is 897. The molecule has 0 heterocycles. The highest BCUT2D eigenvalue weighted by Crippen LogP contribution is 2.16. The monoisotopic (exact) mass is 412 g/mol. The van der Waals surface area contributed by atoms with Crippen molar-refractivity contribution >= 4 is 29.6 Å². The van der Waals surface area contributed by atoms with E-state index in [0.717, 1.165) is 5.56 Å². The minimum atomic E-state index is -0.904. The van der Waals surface area contributed by atoms with Crippen molar-refractivity contribution in [2.75, 3.05) is 32.2 Å². The predicted molar refractivity (Wildman–Crippen MR) is 112 cm³/mol. The zero-order chi connectivity index (χ0) is 21.8. The topological polar surface area (TPSA) is 118 Å². The molecule has 3 N–H and O–H groups in total. The van der Waals surface area contributed by atoms with Gasteiger partial charge in [0.2, 0.25) is 0 Å². The molecule has 2 aromatic carbocycles. The Labute approximate surface area is 174 Å². The predicted octanol–water partition coefficient (Wildman–Crippen LogP) is 1.23. The van der Waals surface area contributed by atoms with Crippen LogP contribution in [-0.4, -0.2) is 50.8 Å². The molecule has 2 aromatic rings. The number of ether oxygens (including phenoxy) is 2. The molecule has 3 amide bonds. The number of hydrogen-bond donors (Lipinski definition) is 3. The normalized spacial score (nSPS) is 10.5. The molecule has 2 rings (SSSR count). The minimum absolute atomic E-state index is 0.201. The van der Waals surface area contributed by atoms with E-state index in [1.165, 1.54) is 13.3 Å². The van der Waals surface area contributed by atoms with Gasteiger partial charge in [-0.3, -0.25) is 14.4 Å². The summed E-state index contributed by atoms with van der Waals surface area (Å²) in [6.07, 6.45) is 1.33. The van der Waals surface area contributed by atoms with Crippen LogP contribution >= 0.6 is 0 Å². The maximum atomic E-state index is 12.1. The lowest BCUT2D eigenvalue weighted by molar-refractivity contribution is -0.139. The molecule has 0 aliphatic carbocycles. The van der Waals surface area contributed by atoms with Crippen molar-refractivity contribution < 1.29 is 23.9 Å². The summed E-state index contributed by atoms with van der Waals surface area (Å²) in [7, 11) is 1.49. The SMILES string of the molecule is COCCNC(=O)C(=O)N/N=C\c1ccccc1OCC(=O)Nc1ccc(C)cc1. The quantitative estimate of drug-likeness (QED) is 0.248. The van der Waals surface area contributed by atoms with Gasteiger partial charge < -0.3 is 20.1 Å². The van der Waals surface area contributed by atoms with E-state index < -0.39 is 11.8 Å². The number of nitrogens with zero attached hydrogens (tertiary/aromatic N) is 1. The first-order chi connectivity index (χ1) is 14.5. The third kappa shape index (κ3) is 7.72. The number of aryl methyl sites for hydroxylation is 1. The van der Waals surface area contributed by atoms with Gasteiger partial charge in [-0.2, -0.15) is 5.10 Å². The van der Waals surface area contributed by atoms with Crippen molar-refractivity contribution in [1.82, 2.24) is 10.7 Å². The number of amides is 3. The summed E-state index contributed by atoms with van der Waals surface area (Å²) in [5.74, 6) is -1.63. The van der Waals surface area contributed by atoms with Gasteiger partial charge >= 0.3 is 11.8 Å². The summed E-state index contributed by atoms with van der Waals surface area (Å²) in [6.45, 7) is 2.27. The Morgan fingerprint density at radius 1 is 1.03 bits per heavy atom. The first-order valence-electron chi connectivity index (χ1n) is 9.18. The Hall–Kier alpha value is -3.72. The van der Waals surface area contributed by atoms with E-state index in [1.807, 2.05) is 31.2 Å². The molecule has 158 valence electrons. The van der Waals surface area contributed by atoms with Crippen molar-refractivity contribution in [1.29, 1.82) is 0 Å². The fraction of sp³-hybridized carbons (Fsp3) is 0.238. The van der Waals surface area contributed by atoms with Gasteiger partial charge in [0.15, 0.2) is 6.61 Å². The summed E-state index contributed by atoms with van der Waals surface area (Å²) in [4.78, 5) is 35.3. The van der Waals surface area contributed by atoms with E-state index >= 15 is 0 Å². The lowest BCUT2D eigenvalue weighted by atomic mass is 10.2. The number of benzene rings is 2. The highest BCUT2D eigenvalue weighted by atomic mass is 16.5. The van der Waals surface area contributed by atoms with Crippen LogP contribution in [0.3, 0.4) is 0 Å². The van der Waals surface area contributed by atoms with Crippen molar-refractivity contribution in [3.63, 3.8) is 0 Å². The summed E-state index contributed by atoms with van der Waals surface area (Å²) < 4.78 is 10.3. The highest BCUT2D eigenvalue weighted by Gasteiger charge is 2.11. The van der Waals surface area contributed by atoms with Crippen LogP contribution in [0.15, 0.2) is 53.6 Å². The largest absolute Gasteiger partial charge is 0.483 e. The first kappa shape index (κ1) is 22.6. The molecule has 0 aromatic heterocycles. The molecule has 0 aliphatic heterocycles. The number of rotatable bonds is 9. The molecule has 9 nitrogen and oxygen atoms in total. The van der Waals surface area contributed by atoms with Gasteiger partial charge in [-0.05, 0) is 31.2 Å². The number of nitrogens with one attached hydrogen (secondary N) is 3. The molecule has 0 saturated heterocycles. The molecular weight excluding hydrogens is 388 g/mol. The van der Waals surface area contributed by atoms with Gasteiger partial charge in [-0.1, -0.05) is 29.8 Å². The number of hydrogen-bond acceptors (Lipinski definition) is 6. The second-order valence-corrected chi connectivity index (χ2v) is 6.19. The molecule has 0 atom stereocenters. The van der Waals surface area contributed by atoms with E-state index in [0.29, 0.717) is 23.6 Å². The van der Waals surface area contributed by atoms with E-state index in [9.17, 15) is 14.4 Å². The van der Waals surface area contributed by atoms with Crippen LogP contribution in [0.25, 0.3) is 0 Å². The van der Waals surface area contributed by atoms with Crippen molar-refractivity contribution in [3.05, 3.63) is 59.7 Å². The smallest absolute Gasteiger partial charge is 0.329 e. The molecule has 0 fully saturated rings. The van der Waals surface area contributed by atoms with Gasteiger partial charge in [0.1, 0.15) is 5.75 Å². The molecule has 0 radical (unpaired) electrons. The zero-order valence-electron chi connectivity index (χ0n) is 16.8. The Morgan fingerprint density at radius 3 is 2.50 bits per heavy atom. The van der Waals surface area contributed by atoms with Crippen LogP contribution in [0.5, 0.6) is 5.75 Å². The molecule has 9 heteroatoms. The molecule has 30 heavy (non-hydrogen) atoms. The second-order valence-electron chi connectivity index (χ2n) is 6.19. The standard InChI is InChI=1S/C21H24N4O5/c1-15-7-9-17(10-8-15)24-19(26)14-30-18-6-4-3-5-16(18)13-23-25-21(28)20(27)22-11-12-29-2/h3-10,13H,11-12,14H2,1-2H3,(H,22,27)(H,24,26)(H,25,28)/b23-13-. The number of carbonyl (C=O) groups is 3. The van der Waals surface area contributed by atoms with Gasteiger partial charge in [-0.15, -0.1) is 0 Å². The van der Waals surface area contributed by atoms with Crippen LogP contribution in [-0.2, 0) is 19.1 Å². The summed E-state index contributed by atoms with van der Waals surface area (Å²) in [5, 5.41) is 8.88. The fourth-order valence-electron chi connectivity index (χ4n) is 2.25. The summed E-state index contributed by atoms with van der Waals surface area (Å²) in [5.41, 5.74) is 4.43. The number of hydrazone groups is 1. The van der Waals surface area contributed by atoms with Gasteiger partial charge in [0.05, 0.1) is 12.8 Å². The van der Waals surface area contributed by atoms with E-state index in [1.54, 1.807) is 24.3 Å². The first-order valence-corrected chi connectivity index (χ1v) is 9.18. The number of para-hydroxylation sites is 1.